The van der Waals surface area contributed by atoms with Crippen LogP contribution < -0.4 is 16.6 Å². The van der Waals surface area contributed by atoms with Gasteiger partial charge < -0.3 is 20.7 Å². The van der Waals surface area contributed by atoms with Crippen LogP contribution >= 0.6 is 0 Å². The summed E-state index contributed by atoms with van der Waals surface area (Å²) in [5.41, 5.74) is 6.69. The maximum absolute atomic E-state index is 12.9. The van der Waals surface area contributed by atoms with Gasteiger partial charge in [0.2, 0.25) is 5.91 Å². The summed E-state index contributed by atoms with van der Waals surface area (Å²) in [5.74, 6) is -0.758. The van der Waals surface area contributed by atoms with Gasteiger partial charge in [-0.1, -0.05) is 6.07 Å². The van der Waals surface area contributed by atoms with E-state index in [-0.39, 0.29) is 30.0 Å². The van der Waals surface area contributed by atoms with E-state index in [1.165, 1.54) is 10.6 Å². The highest BCUT2D eigenvalue weighted by Crippen LogP contribution is 2.41. The number of aromatic nitrogens is 1. The number of amides is 2. The Bertz CT molecular complexity index is 997. The number of methoxy groups -OCH3 is 1. The van der Waals surface area contributed by atoms with Gasteiger partial charge in [-0.3, -0.25) is 19.0 Å². The van der Waals surface area contributed by atoms with Gasteiger partial charge in [0.05, 0.1) is 5.92 Å². The molecule has 1 aromatic heterocycles. The van der Waals surface area contributed by atoms with Crippen molar-refractivity contribution in [1.29, 1.82) is 0 Å². The number of nitrogens with one attached hydrogen (secondary N) is 1. The maximum atomic E-state index is 12.9. The molecule has 30 heavy (non-hydrogen) atoms. The molecule has 1 saturated heterocycles. The van der Waals surface area contributed by atoms with Crippen molar-refractivity contribution in [1.82, 2.24) is 9.47 Å². The van der Waals surface area contributed by atoms with E-state index in [4.69, 9.17) is 10.5 Å². The number of carbonyl (C=O) groups excluding carboxylic acids is 2. The first-order valence-corrected chi connectivity index (χ1v) is 10.1. The van der Waals surface area contributed by atoms with E-state index in [0.29, 0.717) is 24.3 Å². The Kier molecular flexibility index (Phi) is 5.44. The number of anilines is 1. The van der Waals surface area contributed by atoms with E-state index < -0.39 is 11.5 Å². The number of pyridine rings is 1. The highest BCUT2D eigenvalue weighted by atomic mass is 16.5. The summed E-state index contributed by atoms with van der Waals surface area (Å²) in [5, 5.41) is 2.89. The molecule has 2 aromatic rings. The number of likely N-dealkylation sites (tertiary alicyclic amines) is 1. The molecule has 2 amide bonds. The van der Waals surface area contributed by atoms with Crippen LogP contribution in [0.5, 0.6) is 0 Å². The third-order valence-corrected chi connectivity index (χ3v) is 6.01. The van der Waals surface area contributed by atoms with Gasteiger partial charge in [0.25, 0.3) is 11.5 Å². The minimum Gasteiger partial charge on any atom is -0.368 e. The number of hydrogen-bond acceptors (Lipinski definition) is 5. The average Bonchev–Trinajstić information content (AvgIpc) is 3.56. The lowest BCUT2D eigenvalue weighted by Crippen LogP contribution is -2.55. The molecule has 3 N–H and O–H groups in total. The number of hydrogen-bond donors (Lipinski definition) is 2. The van der Waals surface area contributed by atoms with E-state index in [2.05, 4.69) is 5.32 Å². The van der Waals surface area contributed by atoms with E-state index in [9.17, 15) is 14.4 Å². The topological polar surface area (TPSA) is 107 Å². The predicted molar refractivity (Wildman–Crippen MR) is 112 cm³/mol. The van der Waals surface area contributed by atoms with Crippen molar-refractivity contribution < 1.29 is 14.3 Å². The van der Waals surface area contributed by atoms with Crippen molar-refractivity contribution >= 4 is 17.5 Å². The minimum atomic E-state index is -0.701. The van der Waals surface area contributed by atoms with Gasteiger partial charge >= 0.3 is 0 Å². The van der Waals surface area contributed by atoms with E-state index in [0.717, 1.165) is 12.8 Å². The summed E-state index contributed by atoms with van der Waals surface area (Å²) in [4.78, 5) is 39.3. The number of nitrogens with zero attached hydrogens (tertiary/aromatic N) is 2. The molecule has 2 unspecified atom stereocenters. The van der Waals surface area contributed by atoms with Crippen LogP contribution in [0.25, 0.3) is 5.69 Å². The lowest BCUT2D eigenvalue weighted by Gasteiger charge is -2.37. The molecule has 158 valence electrons. The van der Waals surface area contributed by atoms with Crippen LogP contribution in [0.4, 0.5) is 5.69 Å². The lowest BCUT2D eigenvalue weighted by molar-refractivity contribution is -0.147. The monoisotopic (exact) mass is 410 g/mol. The standard InChI is InChI=1S/C22H26N4O4/c1-30-22(10-11-22)21(29)25-13-9-18(23)17(14-25)20(28)24-15-5-7-16(8-6-15)26-12-3-2-4-19(26)27/h2-8,12,17-18H,9-11,13-14,23H2,1H3,(H,24,28). The number of nitrogens with two attached hydrogens (primary N) is 1. The molecule has 8 nitrogen and oxygen atoms in total. The maximum Gasteiger partial charge on any atom is 0.255 e. The second-order valence-corrected chi connectivity index (χ2v) is 7.95. The molecule has 4 rings (SSSR count). The molecule has 0 bridgehead atoms. The Hall–Kier alpha value is -2.97. The fraction of sp³-hybridized carbons (Fsp3) is 0.409. The lowest BCUT2D eigenvalue weighted by atomic mass is 9.91. The summed E-state index contributed by atoms with van der Waals surface area (Å²) in [6.45, 7) is 0.823. The number of rotatable bonds is 5. The molecule has 2 fully saturated rings. The molecule has 1 saturated carbocycles. The number of benzene rings is 1. The molecule has 0 spiro atoms. The summed E-state index contributed by atoms with van der Waals surface area (Å²) in [6.07, 6.45) is 3.70. The molecule has 2 atom stereocenters. The zero-order valence-electron chi connectivity index (χ0n) is 16.9. The third-order valence-electron chi connectivity index (χ3n) is 6.01. The second kappa shape index (κ2) is 8.04. The summed E-state index contributed by atoms with van der Waals surface area (Å²) in [6, 6.07) is 11.7. The van der Waals surface area contributed by atoms with Crippen LogP contribution in [0.15, 0.2) is 53.5 Å². The Labute approximate surface area is 174 Å². The van der Waals surface area contributed by atoms with Crippen LogP contribution in [0, 0.1) is 5.92 Å². The zero-order chi connectivity index (χ0) is 21.3. The molecule has 2 heterocycles. The molecule has 0 radical (unpaired) electrons. The molecule has 1 aliphatic heterocycles. The van der Waals surface area contributed by atoms with E-state index in [1.54, 1.807) is 54.6 Å². The minimum absolute atomic E-state index is 0.0487. The van der Waals surface area contributed by atoms with Crippen LogP contribution in [0.1, 0.15) is 19.3 Å². The Morgan fingerprint density at radius 3 is 2.53 bits per heavy atom. The number of piperidine rings is 1. The Morgan fingerprint density at radius 2 is 1.90 bits per heavy atom. The van der Waals surface area contributed by atoms with Gasteiger partial charge in [0.15, 0.2) is 0 Å². The van der Waals surface area contributed by atoms with Crippen LogP contribution in [-0.4, -0.2) is 53.1 Å². The summed E-state index contributed by atoms with van der Waals surface area (Å²) < 4.78 is 6.91. The molecule has 1 aliphatic carbocycles. The molecular weight excluding hydrogens is 384 g/mol. The Balaban J connectivity index is 1.43. The van der Waals surface area contributed by atoms with Crippen LogP contribution in [-0.2, 0) is 14.3 Å². The van der Waals surface area contributed by atoms with Crippen molar-refractivity contribution in [2.45, 2.75) is 30.9 Å². The van der Waals surface area contributed by atoms with E-state index in [1.807, 2.05) is 0 Å². The normalized spacial score (nSPS) is 22.4. The molecule has 8 heteroatoms. The van der Waals surface area contributed by atoms with Crippen molar-refractivity contribution in [3.63, 3.8) is 0 Å². The van der Waals surface area contributed by atoms with Gasteiger partial charge in [-0.05, 0) is 49.6 Å². The third kappa shape index (κ3) is 3.88. The van der Waals surface area contributed by atoms with Gasteiger partial charge in [-0.15, -0.1) is 0 Å². The Morgan fingerprint density at radius 1 is 1.17 bits per heavy atom. The largest absolute Gasteiger partial charge is 0.368 e. The summed E-state index contributed by atoms with van der Waals surface area (Å²) in [7, 11) is 1.55. The average molecular weight is 410 g/mol. The number of ether oxygens (including phenoxy) is 1. The number of carbonyl (C=O) groups is 2. The molecule has 1 aromatic carbocycles. The van der Waals surface area contributed by atoms with Crippen LogP contribution in [0.3, 0.4) is 0 Å². The van der Waals surface area contributed by atoms with Crippen LogP contribution in [0.2, 0.25) is 0 Å². The fourth-order valence-corrected chi connectivity index (χ4v) is 3.92. The smallest absolute Gasteiger partial charge is 0.255 e. The van der Waals surface area contributed by atoms with E-state index >= 15 is 0 Å². The quantitative estimate of drug-likeness (QED) is 0.769. The van der Waals surface area contributed by atoms with Crippen molar-refractivity contribution in [2.24, 2.45) is 11.7 Å². The van der Waals surface area contributed by atoms with Gasteiger partial charge in [-0.2, -0.15) is 0 Å². The zero-order valence-corrected chi connectivity index (χ0v) is 16.9. The van der Waals surface area contributed by atoms with Crippen molar-refractivity contribution in [2.75, 3.05) is 25.5 Å². The summed E-state index contributed by atoms with van der Waals surface area (Å²) >= 11 is 0. The highest BCUT2D eigenvalue weighted by Gasteiger charge is 2.53. The van der Waals surface area contributed by atoms with Gasteiger partial charge in [-0.25, -0.2) is 0 Å². The van der Waals surface area contributed by atoms with Gasteiger partial charge in [0.1, 0.15) is 5.60 Å². The van der Waals surface area contributed by atoms with Crippen molar-refractivity contribution in [3.05, 3.63) is 59.0 Å². The molecule has 2 aliphatic rings. The first-order chi connectivity index (χ1) is 14.4. The fourth-order valence-electron chi connectivity index (χ4n) is 3.92. The second-order valence-electron chi connectivity index (χ2n) is 7.95. The highest BCUT2D eigenvalue weighted by molar-refractivity contribution is 5.94. The first-order valence-electron chi connectivity index (χ1n) is 10.1. The molecular formula is C22H26N4O4. The van der Waals surface area contributed by atoms with Crippen molar-refractivity contribution in [3.8, 4) is 5.69 Å². The van der Waals surface area contributed by atoms with Gasteiger partial charge in [0, 0.05) is 49.9 Å². The SMILES string of the molecule is COC1(C(=O)N2CCC(N)C(C(=O)Nc3ccc(-n4ccccc4=O)cc3)C2)CC1. The first kappa shape index (κ1) is 20.3. The predicted octanol–water partition coefficient (Wildman–Crippen LogP) is 1.13.